The van der Waals surface area contributed by atoms with Gasteiger partial charge in [-0.1, -0.05) is 25.5 Å². The smallest absolute Gasteiger partial charge is 0.357 e. The summed E-state index contributed by atoms with van der Waals surface area (Å²) < 4.78 is 9.29. The van der Waals surface area contributed by atoms with Crippen LogP contribution < -0.4 is 0 Å². The molecule has 0 aliphatic rings. The minimum absolute atomic E-state index is 0.256. The number of carbonyl (C=O) groups excluding carboxylic acids is 2. The predicted octanol–water partition coefficient (Wildman–Crippen LogP) is 2.47. The van der Waals surface area contributed by atoms with Gasteiger partial charge in [-0.05, 0) is 18.1 Å². The molecule has 0 spiro atoms. The molecule has 6 heteroatoms. The van der Waals surface area contributed by atoms with Crippen molar-refractivity contribution in [2.24, 2.45) is 0 Å². The molecule has 2 rings (SSSR count). The van der Waals surface area contributed by atoms with Crippen molar-refractivity contribution in [2.75, 3.05) is 14.2 Å². The summed E-state index contributed by atoms with van der Waals surface area (Å²) in [7, 11) is 2.35. The molecule has 22 heavy (non-hydrogen) atoms. The van der Waals surface area contributed by atoms with Gasteiger partial charge >= 0.3 is 11.9 Å². The molecular weight excluding hydrogens is 286 g/mol. The number of methoxy groups -OCH3 is 2. The summed E-state index contributed by atoms with van der Waals surface area (Å²) in [5.74, 6) is -1.95. The number of aromatic hydroxyl groups is 1. The number of fused-ring (bicyclic) bond motifs is 1. The van der Waals surface area contributed by atoms with Crippen LogP contribution in [0.2, 0.25) is 0 Å². The highest BCUT2D eigenvalue weighted by Crippen LogP contribution is 2.33. The van der Waals surface area contributed by atoms with Crippen molar-refractivity contribution >= 4 is 22.8 Å². The van der Waals surface area contributed by atoms with E-state index in [-0.39, 0.29) is 17.0 Å². The molecule has 1 aromatic carbocycles. The molecule has 1 aromatic heterocycles. The van der Waals surface area contributed by atoms with Gasteiger partial charge in [-0.15, -0.1) is 0 Å². The van der Waals surface area contributed by atoms with E-state index in [4.69, 9.17) is 0 Å². The summed E-state index contributed by atoms with van der Waals surface area (Å²) in [5.41, 5.74) is 0.751. The lowest BCUT2D eigenvalue weighted by molar-refractivity contribution is 0.0547. The number of aromatic nitrogens is 1. The molecule has 0 fully saturated rings. The summed E-state index contributed by atoms with van der Waals surface area (Å²) in [6.07, 6.45) is 1.58. The third-order valence-electron chi connectivity index (χ3n) is 3.36. The topological polar surface area (TPSA) is 85.7 Å². The zero-order valence-electron chi connectivity index (χ0n) is 12.7. The molecule has 0 aliphatic heterocycles. The molecule has 0 atom stereocenters. The molecule has 6 nitrogen and oxygen atoms in total. The van der Waals surface area contributed by atoms with Crippen molar-refractivity contribution in [2.45, 2.75) is 19.8 Å². The standard InChI is InChI=1S/C16H17NO5/c1-4-6-9-7-5-8-10-11(9)14(18)12(15(19)21-2)13(17-10)16(20)22-3/h5,7-8H,4,6H2,1-3H3,(H,17,18). The van der Waals surface area contributed by atoms with Crippen molar-refractivity contribution in [3.05, 3.63) is 35.0 Å². The Morgan fingerprint density at radius 1 is 1.18 bits per heavy atom. The second-order valence-corrected chi connectivity index (χ2v) is 4.73. The molecule has 2 aromatic rings. The zero-order valence-corrected chi connectivity index (χ0v) is 12.7. The van der Waals surface area contributed by atoms with Gasteiger partial charge < -0.3 is 14.6 Å². The van der Waals surface area contributed by atoms with Gasteiger partial charge in [-0.25, -0.2) is 14.6 Å². The van der Waals surface area contributed by atoms with Gasteiger partial charge in [0.2, 0.25) is 0 Å². The number of benzene rings is 1. The van der Waals surface area contributed by atoms with Crippen LogP contribution in [0.5, 0.6) is 5.75 Å². The average molecular weight is 303 g/mol. The normalized spacial score (nSPS) is 10.5. The summed E-state index contributed by atoms with van der Waals surface area (Å²) in [6.45, 7) is 2.01. The second-order valence-electron chi connectivity index (χ2n) is 4.73. The van der Waals surface area contributed by atoms with Gasteiger partial charge in [0.1, 0.15) is 11.3 Å². The predicted molar refractivity (Wildman–Crippen MR) is 80.1 cm³/mol. The summed E-state index contributed by atoms with van der Waals surface area (Å²) >= 11 is 0. The van der Waals surface area contributed by atoms with E-state index in [9.17, 15) is 14.7 Å². The zero-order chi connectivity index (χ0) is 16.3. The van der Waals surface area contributed by atoms with Crippen molar-refractivity contribution in [1.82, 2.24) is 4.98 Å². The quantitative estimate of drug-likeness (QED) is 0.873. The molecule has 0 aliphatic carbocycles. The highest BCUT2D eigenvalue weighted by Gasteiger charge is 2.27. The van der Waals surface area contributed by atoms with Crippen LogP contribution >= 0.6 is 0 Å². The van der Waals surface area contributed by atoms with Crippen molar-refractivity contribution in [3.8, 4) is 5.75 Å². The Kier molecular flexibility index (Phi) is 4.60. The van der Waals surface area contributed by atoms with E-state index in [0.29, 0.717) is 17.3 Å². The van der Waals surface area contributed by atoms with E-state index in [1.165, 1.54) is 14.2 Å². The van der Waals surface area contributed by atoms with Gasteiger partial charge in [-0.2, -0.15) is 0 Å². The molecule has 0 radical (unpaired) electrons. The van der Waals surface area contributed by atoms with Gasteiger partial charge in [0, 0.05) is 5.39 Å². The van der Waals surface area contributed by atoms with Crippen LogP contribution in [-0.2, 0) is 15.9 Å². The second kappa shape index (κ2) is 6.43. The Morgan fingerprint density at radius 2 is 1.86 bits per heavy atom. The lowest BCUT2D eigenvalue weighted by atomic mass is 10.00. The number of rotatable bonds is 4. The van der Waals surface area contributed by atoms with E-state index in [1.54, 1.807) is 12.1 Å². The Bertz CT molecular complexity index is 739. The van der Waals surface area contributed by atoms with Gasteiger partial charge in [-0.3, -0.25) is 0 Å². The fraction of sp³-hybridized carbons (Fsp3) is 0.312. The summed E-state index contributed by atoms with van der Waals surface area (Å²) in [6, 6.07) is 5.31. The maximum atomic E-state index is 12.0. The minimum atomic E-state index is -0.835. The number of carbonyl (C=O) groups is 2. The first-order chi connectivity index (χ1) is 10.5. The largest absolute Gasteiger partial charge is 0.506 e. The van der Waals surface area contributed by atoms with E-state index in [0.717, 1.165) is 12.0 Å². The Hall–Kier alpha value is -2.63. The number of pyridine rings is 1. The first-order valence-corrected chi connectivity index (χ1v) is 6.86. The van der Waals surface area contributed by atoms with Crippen molar-refractivity contribution in [3.63, 3.8) is 0 Å². The lowest BCUT2D eigenvalue weighted by Crippen LogP contribution is -2.15. The molecule has 1 heterocycles. The molecule has 116 valence electrons. The molecule has 0 amide bonds. The number of hydrogen-bond donors (Lipinski definition) is 1. The van der Waals surface area contributed by atoms with Crippen LogP contribution in [0.15, 0.2) is 18.2 Å². The summed E-state index contributed by atoms with van der Waals surface area (Å²) in [5, 5.41) is 11.0. The molecule has 0 saturated heterocycles. The molecular formula is C16H17NO5. The Morgan fingerprint density at radius 3 is 2.45 bits per heavy atom. The van der Waals surface area contributed by atoms with Crippen LogP contribution in [0.3, 0.4) is 0 Å². The maximum absolute atomic E-state index is 12.0. The van der Waals surface area contributed by atoms with Crippen LogP contribution in [0.25, 0.3) is 10.9 Å². The first kappa shape index (κ1) is 15.8. The monoisotopic (exact) mass is 303 g/mol. The lowest BCUT2D eigenvalue weighted by Gasteiger charge is -2.13. The van der Waals surface area contributed by atoms with E-state index in [2.05, 4.69) is 14.5 Å². The van der Waals surface area contributed by atoms with Crippen LogP contribution in [-0.4, -0.2) is 36.2 Å². The fourth-order valence-electron chi connectivity index (χ4n) is 2.38. The molecule has 0 unspecified atom stereocenters. The van der Waals surface area contributed by atoms with Crippen LogP contribution in [0, 0.1) is 0 Å². The molecule has 1 N–H and O–H groups in total. The third-order valence-corrected chi connectivity index (χ3v) is 3.36. The van der Waals surface area contributed by atoms with Gasteiger partial charge in [0.25, 0.3) is 0 Å². The Balaban J connectivity index is 2.87. The molecule has 0 saturated carbocycles. The van der Waals surface area contributed by atoms with Crippen molar-refractivity contribution in [1.29, 1.82) is 0 Å². The van der Waals surface area contributed by atoms with Crippen LogP contribution in [0.1, 0.15) is 39.8 Å². The Labute approximate surface area is 127 Å². The number of ether oxygens (including phenoxy) is 2. The maximum Gasteiger partial charge on any atom is 0.357 e. The number of esters is 2. The SMILES string of the molecule is CCCc1cccc2nc(C(=O)OC)c(C(=O)OC)c(O)c12. The molecule has 0 bridgehead atoms. The van der Waals surface area contributed by atoms with Gasteiger partial charge in [0.05, 0.1) is 19.7 Å². The fourth-order valence-corrected chi connectivity index (χ4v) is 2.38. The van der Waals surface area contributed by atoms with E-state index in [1.807, 2.05) is 13.0 Å². The minimum Gasteiger partial charge on any atom is -0.506 e. The number of hydrogen-bond acceptors (Lipinski definition) is 6. The van der Waals surface area contributed by atoms with E-state index < -0.39 is 11.9 Å². The number of aryl methyl sites for hydroxylation is 1. The average Bonchev–Trinajstić information content (AvgIpc) is 2.53. The third kappa shape index (κ3) is 2.59. The summed E-state index contributed by atoms with van der Waals surface area (Å²) in [4.78, 5) is 28.0. The highest BCUT2D eigenvalue weighted by atomic mass is 16.5. The van der Waals surface area contributed by atoms with Crippen LogP contribution in [0.4, 0.5) is 0 Å². The van der Waals surface area contributed by atoms with E-state index >= 15 is 0 Å². The van der Waals surface area contributed by atoms with Crippen molar-refractivity contribution < 1.29 is 24.2 Å². The van der Waals surface area contributed by atoms with Gasteiger partial charge in [0.15, 0.2) is 5.69 Å². The first-order valence-electron chi connectivity index (χ1n) is 6.86. The number of nitrogens with zero attached hydrogens (tertiary/aromatic N) is 1. The highest BCUT2D eigenvalue weighted by molar-refractivity contribution is 6.09.